The van der Waals surface area contributed by atoms with Gasteiger partial charge in [-0.1, -0.05) is 18.2 Å². The van der Waals surface area contributed by atoms with Gasteiger partial charge in [0.25, 0.3) is 0 Å². The van der Waals surface area contributed by atoms with Gasteiger partial charge in [-0.3, -0.25) is 9.78 Å². The Morgan fingerprint density at radius 1 is 1.19 bits per heavy atom. The van der Waals surface area contributed by atoms with E-state index in [0.717, 1.165) is 10.9 Å². The van der Waals surface area contributed by atoms with Crippen LogP contribution in [0.2, 0.25) is 0 Å². The largest absolute Gasteiger partial charge is 0.294 e. The summed E-state index contributed by atoms with van der Waals surface area (Å²) in [5.41, 5.74) is 1.37. The fourth-order valence-electron chi connectivity index (χ4n) is 2.40. The third-order valence-electron chi connectivity index (χ3n) is 3.39. The Labute approximate surface area is 122 Å². The molecule has 0 atom stereocenters. The number of fused-ring (bicyclic) bond motifs is 1. The van der Waals surface area contributed by atoms with E-state index in [1.165, 1.54) is 6.33 Å². The molecule has 2 aromatic heterocycles. The minimum Gasteiger partial charge on any atom is -0.294 e. The van der Waals surface area contributed by atoms with Crippen molar-refractivity contribution in [1.29, 1.82) is 0 Å². The molecule has 0 spiro atoms. The lowest BCUT2D eigenvalue weighted by Crippen LogP contribution is -2.13. The summed E-state index contributed by atoms with van der Waals surface area (Å²) in [6, 6.07) is 9.65. The smallest absolute Gasteiger partial charge is 0.172 e. The van der Waals surface area contributed by atoms with Gasteiger partial charge < -0.3 is 0 Å². The molecule has 0 amide bonds. The Morgan fingerprint density at radius 3 is 2.81 bits per heavy atom. The molecule has 0 saturated heterocycles. The Bertz CT molecular complexity index is 786. The highest BCUT2D eigenvalue weighted by Gasteiger charge is 2.16. The van der Waals surface area contributed by atoms with Gasteiger partial charge in [0, 0.05) is 23.2 Å². The zero-order chi connectivity index (χ0) is 14.8. The third-order valence-corrected chi connectivity index (χ3v) is 3.39. The normalized spacial score (nSPS) is 11.2. The Morgan fingerprint density at radius 2 is 2.00 bits per heavy atom. The van der Waals surface area contributed by atoms with E-state index in [9.17, 15) is 4.79 Å². The van der Waals surface area contributed by atoms with Crippen molar-refractivity contribution in [3.8, 4) is 0 Å². The molecule has 0 bridgehead atoms. The number of carbonyl (C=O) groups excluding carboxylic acids is 1. The molecule has 3 rings (SSSR count). The number of ketones is 1. The van der Waals surface area contributed by atoms with Gasteiger partial charge >= 0.3 is 0 Å². The van der Waals surface area contributed by atoms with Crippen molar-refractivity contribution in [3.05, 3.63) is 54.2 Å². The van der Waals surface area contributed by atoms with Crippen LogP contribution < -0.4 is 0 Å². The number of pyridine rings is 1. The van der Waals surface area contributed by atoms with E-state index < -0.39 is 0 Å². The lowest BCUT2D eigenvalue weighted by Gasteiger charge is -2.09. The zero-order valence-electron chi connectivity index (χ0n) is 12.0. The van der Waals surface area contributed by atoms with Crippen molar-refractivity contribution < 1.29 is 4.79 Å². The summed E-state index contributed by atoms with van der Waals surface area (Å²) in [5.74, 6) is 0.692. The van der Waals surface area contributed by atoms with Crippen LogP contribution in [-0.2, 0) is 6.42 Å². The maximum absolute atomic E-state index is 12.6. The zero-order valence-corrected chi connectivity index (χ0v) is 12.0. The monoisotopic (exact) mass is 280 g/mol. The van der Waals surface area contributed by atoms with Crippen molar-refractivity contribution in [1.82, 2.24) is 19.7 Å². The highest BCUT2D eigenvalue weighted by molar-refractivity contribution is 6.07. The molecule has 0 aliphatic rings. The second-order valence-corrected chi connectivity index (χ2v) is 5.20. The summed E-state index contributed by atoms with van der Waals surface area (Å²) in [7, 11) is 0. The first-order valence-corrected chi connectivity index (χ1v) is 6.92. The van der Waals surface area contributed by atoms with Crippen molar-refractivity contribution in [3.63, 3.8) is 0 Å². The molecule has 0 aliphatic heterocycles. The van der Waals surface area contributed by atoms with Gasteiger partial charge in [-0.25, -0.2) is 9.67 Å². The first-order valence-electron chi connectivity index (χ1n) is 6.92. The van der Waals surface area contributed by atoms with E-state index in [4.69, 9.17) is 0 Å². The van der Waals surface area contributed by atoms with E-state index in [1.54, 1.807) is 10.9 Å². The quantitative estimate of drug-likeness (QED) is 0.689. The van der Waals surface area contributed by atoms with Crippen molar-refractivity contribution in [2.45, 2.75) is 26.3 Å². The average molecular weight is 280 g/mol. The number of benzene rings is 1. The predicted octanol–water partition coefficient (Wildman–Crippen LogP) is 2.83. The molecule has 0 aliphatic carbocycles. The number of aromatic nitrogens is 4. The van der Waals surface area contributed by atoms with Gasteiger partial charge in [0.05, 0.1) is 11.9 Å². The molecule has 0 unspecified atom stereocenters. The topological polar surface area (TPSA) is 60.7 Å². The van der Waals surface area contributed by atoms with Crippen molar-refractivity contribution in [2.75, 3.05) is 0 Å². The van der Waals surface area contributed by atoms with E-state index in [1.807, 2.05) is 44.2 Å². The lowest BCUT2D eigenvalue weighted by molar-refractivity contribution is 0.0990. The van der Waals surface area contributed by atoms with Crippen LogP contribution >= 0.6 is 0 Å². The van der Waals surface area contributed by atoms with E-state index >= 15 is 0 Å². The van der Waals surface area contributed by atoms with Gasteiger partial charge in [0.1, 0.15) is 12.2 Å². The summed E-state index contributed by atoms with van der Waals surface area (Å²) in [6.07, 6.45) is 3.42. The Kier molecular flexibility index (Phi) is 3.48. The van der Waals surface area contributed by atoms with Gasteiger partial charge in [-0.2, -0.15) is 5.10 Å². The first-order chi connectivity index (χ1) is 10.2. The Balaban J connectivity index is 1.96. The summed E-state index contributed by atoms with van der Waals surface area (Å²) < 4.78 is 1.77. The molecule has 3 aromatic rings. The van der Waals surface area contributed by atoms with Crippen LogP contribution in [0.15, 0.2) is 42.9 Å². The standard InChI is InChI=1S/C16H16N4O/c1-11(2)20-15(18-10-19-20)9-14(21)13-7-3-5-12-6-4-8-17-16(12)13/h3-8,10-11H,9H2,1-2H3. The number of carbonyl (C=O) groups is 1. The van der Waals surface area contributed by atoms with Gasteiger partial charge in [-0.15, -0.1) is 0 Å². The highest BCUT2D eigenvalue weighted by Crippen LogP contribution is 2.18. The molecule has 5 heteroatoms. The predicted molar refractivity (Wildman–Crippen MR) is 80.2 cm³/mol. The molecule has 2 heterocycles. The number of para-hydroxylation sites is 1. The summed E-state index contributed by atoms with van der Waals surface area (Å²) in [4.78, 5) is 21.1. The number of hydrogen-bond acceptors (Lipinski definition) is 4. The van der Waals surface area contributed by atoms with Crippen LogP contribution in [0.3, 0.4) is 0 Å². The highest BCUT2D eigenvalue weighted by atomic mass is 16.1. The van der Waals surface area contributed by atoms with Crippen molar-refractivity contribution in [2.24, 2.45) is 0 Å². The first kappa shape index (κ1) is 13.4. The van der Waals surface area contributed by atoms with Gasteiger partial charge in [0.15, 0.2) is 5.78 Å². The molecular formula is C16H16N4O. The molecule has 106 valence electrons. The maximum atomic E-state index is 12.6. The van der Waals surface area contributed by atoms with E-state index in [-0.39, 0.29) is 18.2 Å². The van der Waals surface area contributed by atoms with Crippen LogP contribution in [-0.4, -0.2) is 25.5 Å². The summed E-state index contributed by atoms with van der Waals surface area (Å²) in [6.45, 7) is 4.03. The second kappa shape index (κ2) is 5.44. The van der Waals surface area contributed by atoms with Crippen LogP contribution in [0.5, 0.6) is 0 Å². The Hall–Kier alpha value is -2.56. The molecule has 0 saturated carbocycles. The fraction of sp³-hybridized carbons (Fsp3) is 0.250. The van der Waals surface area contributed by atoms with E-state index in [2.05, 4.69) is 15.1 Å². The molecular weight excluding hydrogens is 264 g/mol. The molecule has 0 N–H and O–H groups in total. The summed E-state index contributed by atoms with van der Waals surface area (Å²) in [5, 5.41) is 5.13. The number of Topliss-reactive ketones (excluding diaryl/α,β-unsaturated/α-hetero) is 1. The fourth-order valence-corrected chi connectivity index (χ4v) is 2.40. The van der Waals surface area contributed by atoms with Crippen molar-refractivity contribution >= 4 is 16.7 Å². The van der Waals surface area contributed by atoms with E-state index in [0.29, 0.717) is 11.4 Å². The SMILES string of the molecule is CC(C)n1ncnc1CC(=O)c1cccc2cccnc12. The van der Waals surface area contributed by atoms with Gasteiger partial charge in [0.2, 0.25) is 0 Å². The minimum atomic E-state index is 0.00852. The second-order valence-electron chi connectivity index (χ2n) is 5.20. The lowest BCUT2D eigenvalue weighted by atomic mass is 10.0. The average Bonchev–Trinajstić information content (AvgIpc) is 2.95. The van der Waals surface area contributed by atoms with Crippen LogP contribution in [0.1, 0.15) is 36.1 Å². The third kappa shape index (κ3) is 2.54. The van der Waals surface area contributed by atoms with Crippen LogP contribution in [0.25, 0.3) is 10.9 Å². The van der Waals surface area contributed by atoms with Crippen LogP contribution in [0.4, 0.5) is 0 Å². The number of hydrogen-bond donors (Lipinski definition) is 0. The van der Waals surface area contributed by atoms with Gasteiger partial charge in [-0.05, 0) is 26.0 Å². The molecule has 1 aromatic carbocycles. The number of nitrogens with zero attached hydrogens (tertiary/aromatic N) is 4. The number of rotatable bonds is 4. The molecule has 5 nitrogen and oxygen atoms in total. The molecule has 0 fully saturated rings. The minimum absolute atomic E-state index is 0.00852. The maximum Gasteiger partial charge on any atom is 0.172 e. The molecule has 0 radical (unpaired) electrons. The molecule has 21 heavy (non-hydrogen) atoms. The van der Waals surface area contributed by atoms with Crippen LogP contribution in [0, 0.1) is 0 Å². The summed E-state index contributed by atoms with van der Waals surface area (Å²) >= 11 is 0.